The van der Waals surface area contributed by atoms with Crippen molar-refractivity contribution in [1.29, 1.82) is 0 Å². The van der Waals surface area contributed by atoms with Crippen molar-refractivity contribution >= 4 is 11.7 Å². The van der Waals surface area contributed by atoms with Crippen molar-refractivity contribution in [3.63, 3.8) is 0 Å². The number of hydrogen-bond donors (Lipinski definition) is 2. The first kappa shape index (κ1) is 17.0. The maximum Gasteiger partial charge on any atom is 0.254 e. The summed E-state index contributed by atoms with van der Waals surface area (Å²) >= 11 is 0. The molecule has 0 saturated heterocycles. The number of primary amides is 1. The zero-order valence-electron chi connectivity index (χ0n) is 13.6. The minimum atomic E-state index is -0.640. The van der Waals surface area contributed by atoms with Gasteiger partial charge in [-0.1, -0.05) is 18.7 Å². The summed E-state index contributed by atoms with van der Waals surface area (Å²) in [7, 11) is 1.64. The number of allylic oxidation sites excluding steroid dienone is 4. The molecule has 0 saturated carbocycles. The first-order valence-corrected chi connectivity index (χ1v) is 7.19. The van der Waals surface area contributed by atoms with E-state index >= 15 is 0 Å². The Kier molecular flexibility index (Phi) is 5.16. The fraction of sp³-hybridized carbons (Fsp3) is 0.118. The summed E-state index contributed by atoms with van der Waals surface area (Å²) in [4.78, 5) is 15.8. The Labute approximate surface area is 139 Å². The molecule has 7 heteroatoms. The number of aromatic nitrogens is 3. The topological polar surface area (TPSA) is 109 Å². The number of rotatable bonds is 6. The molecule has 0 radical (unpaired) electrons. The SMILES string of the molecule is C=C/C(=C\C=C/C)Oc1ccc(-c2nn(C)c(N)c2C(N)=O)cn1. The summed E-state index contributed by atoms with van der Waals surface area (Å²) in [5.74, 6) is 0.521. The predicted molar refractivity (Wildman–Crippen MR) is 93.1 cm³/mol. The fourth-order valence-corrected chi connectivity index (χ4v) is 2.02. The van der Waals surface area contributed by atoms with Gasteiger partial charge in [-0.25, -0.2) is 4.98 Å². The van der Waals surface area contributed by atoms with Gasteiger partial charge in [0, 0.05) is 24.9 Å². The van der Waals surface area contributed by atoms with E-state index in [-0.39, 0.29) is 11.4 Å². The van der Waals surface area contributed by atoms with Crippen LogP contribution in [-0.4, -0.2) is 20.7 Å². The minimum Gasteiger partial charge on any atom is -0.439 e. The Morgan fingerprint density at radius 3 is 2.71 bits per heavy atom. The number of anilines is 1. The molecule has 0 aromatic carbocycles. The highest BCUT2D eigenvalue weighted by atomic mass is 16.5. The normalized spacial score (nSPS) is 11.7. The maximum absolute atomic E-state index is 11.6. The highest BCUT2D eigenvalue weighted by Gasteiger charge is 2.20. The van der Waals surface area contributed by atoms with E-state index in [2.05, 4.69) is 16.7 Å². The average molecular weight is 325 g/mol. The van der Waals surface area contributed by atoms with Gasteiger partial charge in [0.2, 0.25) is 5.88 Å². The molecule has 4 N–H and O–H groups in total. The van der Waals surface area contributed by atoms with Gasteiger partial charge in [0.25, 0.3) is 5.91 Å². The second-order valence-corrected chi connectivity index (χ2v) is 4.88. The van der Waals surface area contributed by atoms with Crippen LogP contribution in [0.3, 0.4) is 0 Å². The van der Waals surface area contributed by atoms with E-state index in [1.165, 1.54) is 4.68 Å². The lowest BCUT2D eigenvalue weighted by Gasteiger charge is -2.05. The highest BCUT2D eigenvalue weighted by Crippen LogP contribution is 2.27. The summed E-state index contributed by atoms with van der Waals surface area (Å²) in [5.41, 5.74) is 12.4. The summed E-state index contributed by atoms with van der Waals surface area (Å²) in [5, 5.41) is 4.22. The van der Waals surface area contributed by atoms with Gasteiger partial charge in [-0.05, 0) is 25.1 Å². The van der Waals surface area contributed by atoms with E-state index in [4.69, 9.17) is 16.2 Å². The van der Waals surface area contributed by atoms with Crippen LogP contribution in [0, 0.1) is 0 Å². The zero-order chi connectivity index (χ0) is 17.7. The van der Waals surface area contributed by atoms with Crippen molar-refractivity contribution in [1.82, 2.24) is 14.8 Å². The Morgan fingerprint density at radius 2 is 2.17 bits per heavy atom. The zero-order valence-corrected chi connectivity index (χ0v) is 13.6. The number of carbonyl (C=O) groups excluding carboxylic acids is 1. The number of nitrogens with two attached hydrogens (primary N) is 2. The largest absolute Gasteiger partial charge is 0.439 e. The molecule has 0 fully saturated rings. The molecule has 0 aliphatic carbocycles. The molecule has 0 aliphatic rings. The molecule has 0 spiro atoms. The van der Waals surface area contributed by atoms with Gasteiger partial charge in [-0.15, -0.1) is 0 Å². The van der Waals surface area contributed by atoms with Crippen LogP contribution in [-0.2, 0) is 7.05 Å². The number of amides is 1. The quantitative estimate of drug-likeness (QED) is 0.625. The van der Waals surface area contributed by atoms with E-state index in [1.54, 1.807) is 37.5 Å². The van der Waals surface area contributed by atoms with Crippen molar-refractivity contribution in [2.45, 2.75) is 6.92 Å². The number of aryl methyl sites for hydroxylation is 1. The Morgan fingerprint density at radius 1 is 1.42 bits per heavy atom. The maximum atomic E-state index is 11.6. The van der Waals surface area contributed by atoms with Crippen molar-refractivity contribution in [3.05, 3.63) is 60.5 Å². The lowest BCUT2D eigenvalue weighted by Crippen LogP contribution is -2.14. The van der Waals surface area contributed by atoms with Crippen molar-refractivity contribution in [2.24, 2.45) is 12.8 Å². The summed E-state index contributed by atoms with van der Waals surface area (Å²) in [6.45, 7) is 5.59. The molecule has 0 atom stereocenters. The van der Waals surface area contributed by atoms with Crippen LogP contribution in [0.15, 0.2) is 55.0 Å². The lowest BCUT2D eigenvalue weighted by molar-refractivity contribution is 0.100. The summed E-state index contributed by atoms with van der Waals surface area (Å²) in [6.07, 6.45) is 8.61. The number of hydrogen-bond acceptors (Lipinski definition) is 5. The summed E-state index contributed by atoms with van der Waals surface area (Å²) < 4.78 is 7.00. The molecule has 2 aromatic heterocycles. The van der Waals surface area contributed by atoms with E-state index in [0.717, 1.165) is 0 Å². The van der Waals surface area contributed by atoms with Crippen LogP contribution in [0.2, 0.25) is 0 Å². The average Bonchev–Trinajstić information content (AvgIpc) is 2.87. The molecule has 0 unspecified atom stereocenters. The van der Waals surface area contributed by atoms with Crippen LogP contribution >= 0.6 is 0 Å². The first-order chi connectivity index (χ1) is 11.5. The third kappa shape index (κ3) is 3.52. The molecular formula is C17H19N5O2. The predicted octanol–water partition coefficient (Wildman–Crippen LogP) is 2.19. The molecule has 0 aliphatic heterocycles. The molecule has 124 valence electrons. The van der Waals surface area contributed by atoms with Gasteiger partial charge < -0.3 is 16.2 Å². The molecular weight excluding hydrogens is 306 g/mol. The van der Waals surface area contributed by atoms with Gasteiger partial charge in [-0.2, -0.15) is 5.10 Å². The van der Waals surface area contributed by atoms with Gasteiger partial charge in [-0.3, -0.25) is 9.48 Å². The first-order valence-electron chi connectivity index (χ1n) is 7.19. The number of pyridine rings is 1. The van der Waals surface area contributed by atoms with E-state index < -0.39 is 5.91 Å². The third-order valence-corrected chi connectivity index (χ3v) is 3.22. The van der Waals surface area contributed by atoms with Crippen molar-refractivity contribution < 1.29 is 9.53 Å². The second-order valence-electron chi connectivity index (χ2n) is 4.88. The number of ether oxygens (including phenoxy) is 1. The fourth-order valence-electron chi connectivity index (χ4n) is 2.02. The van der Waals surface area contributed by atoms with Crippen LogP contribution in [0.5, 0.6) is 5.88 Å². The standard InChI is InChI=1S/C17H19N5O2/c1-4-6-7-12(5-2)24-13-9-8-11(10-20-13)15-14(17(19)23)16(18)22(3)21-15/h4-10H,2,18H2,1,3H3,(H2,19,23)/b6-4-,12-7+. The van der Waals surface area contributed by atoms with Gasteiger partial charge in [0.15, 0.2) is 0 Å². The molecule has 2 heterocycles. The van der Waals surface area contributed by atoms with Crippen molar-refractivity contribution in [3.8, 4) is 17.1 Å². The van der Waals surface area contributed by atoms with Crippen LogP contribution in [0.1, 0.15) is 17.3 Å². The van der Waals surface area contributed by atoms with Crippen LogP contribution < -0.4 is 16.2 Å². The number of nitrogens with zero attached hydrogens (tertiary/aromatic N) is 3. The molecule has 24 heavy (non-hydrogen) atoms. The van der Waals surface area contributed by atoms with Gasteiger partial charge >= 0.3 is 0 Å². The van der Waals surface area contributed by atoms with E-state index in [1.807, 2.05) is 19.1 Å². The van der Waals surface area contributed by atoms with Crippen LogP contribution in [0.25, 0.3) is 11.3 Å². The van der Waals surface area contributed by atoms with E-state index in [9.17, 15) is 4.79 Å². The molecule has 7 nitrogen and oxygen atoms in total. The third-order valence-electron chi connectivity index (χ3n) is 3.22. The Balaban J connectivity index is 2.32. The Hall–Kier alpha value is -3.35. The molecule has 2 rings (SSSR count). The highest BCUT2D eigenvalue weighted by molar-refractivity contribution is 6.03. The smallest absolute Gasteiger partial charge is 0.254 e. The number of nitrogen functional groups attached to an aromatic ring is 1. The lowest BCUT2D eigenvalue weighted by atomic mass is 10.1. The molecule has 1 amide bonds. The van der Waals surface area contributed by atoms with Gasteiger partial charge in [0.1, 0.15) is 22.8 Å². The van der Waals surface area contributed by atoms with Crippen molar-refractivity contribution in [2.75, 3.05) is 5.73 Å². The van der Waals surface area contributed by atoms with Crippen LogP contribution in [0.4, 0.5) is 5.82 Å². The van der Waals surface area contributed by atoms with E-state index in [0.29, 0.717) is 22.9 Å². The molecule has 0 bridgehead atoms. The monoisotopic (exact) mass is 325 g/mol. The minimum absolute atomic E-state index is 0.174. The molecule has 2 aromatic rings. The second kappa shape index (κ2) is 7.28. The Bertz CT molecular complexity index is 816. The van der Waals surface area contributed by atoms with Gasteiger partial charge in [0.05, 0.1) is 0 Å². The summed E-state index contributed by atoms with van der Waals surface area (Å²) in [6, 6.07) is 3.39. The number of carbonyl (C=O) groups is 1.